The zero-order chi connectivity index (χ0) is 16.2. The molecule has 1 rings (SSSR count). The third kappa shape index (κ3) is 4.82. The molecule has 1 amide bonds. The molecule has 2 N–H and O–H groups in total. The molecule has 8 heteroatoms. The summed E-state index contributed by atoms with van der Waals surface area (Å²) >= 11 is 0. The standard InChI is InChI=1S/C13H16FNO5S/c1-8(13(17)20-2)6-21(18,19)7-10-4-3-9(12(15)16)5-11(10)14/h3-5,8H,6-7H2,1-2H3,(H2,15,16). The molecule has 1 atom stereocenters. The summed E-state index contributed by atoms with van der Waals surface area (Å²) in [5.41, 5.74) is 4.87. The number of carbonyl (C=O) groups excluding carboxylic acids is 2. The predicted octanol–water partition coefficient (Wildman–Crippen LogP) is 0.648. The highest BCUT2D eigenvalue weighted by Gasteiger charge is 2.23. The monoisotopic (exact) mass is 317 g/mol. The van der Waals surface area contributed by atoms with Gasteiger partial charge in [-0.2, -0.15) is 0 Å². The number of nitrogens with two attached hydrogens (primary N) is 1. The van der Waals surface area contributed by atoms with Crippen molar-refractivity contribution in [2.75, 3.05) is 12.9 Å². The molecule has 116 valence electrons. The summed E-state index contributed by atoms with van der Waals surface area (Å²) in [6, 6.07) is 3.33. The van der Waals surface area contributed by atoms with Gasteiger partial charge in [0.1, 0.15) is 5.82 Å². The lowest BCUT2D eigenvalue weighted by Crippen LogP contribution is -2.23. The molecule has 0 spiro atoms. The normalized spacial score (nSPS) is 12.7. The van der Waals surface area contributed by atoms with Crippen LogP contribution in [0.3, 0.4) is 0 Å². The van der Waals surface area contributed by atoms with Crippen molar-refractivity contribution in [3.05, 3.63) is 35.1 Å². The molecule has 0 radical (unpaired) electrons. The van der Waals surface area contributed by atoms with Gasteiger partial charge in [-0.15, -0.1) is 0 Å². The van der Waals surface area contributed by atoms with E-state index in [2.05, 4.69) is 4.74 Å². The summed E-state index contributed by atoms with van der Waals surface area (Å²) in [7, 11) is -2.54. The number of carbonyl (C=O) groups is 2. The number of benzene rings is 1. The second kappa shape index (κ2) is 6.66. The van der Waals surface area contributed by atoms with Crippen LogP contribution in [0, 0.1) is 11.7 Å². The van der Waals surface area contributed by atoms with Crippen LogP contribution in [-0.2, 0) is 25.1 Å². The second-order valence-corrected chi connectivity index (χ2v) is 6.76. The number of sulfone groups is 1. The Morgan fingerprint density at radius 1 is 1.38 bits per heavy atom. The van der Waals surface area contributed by atoms with Crippen molar-refractivity contribution in [3.8, 4) is 0 Å². The molecule has 1 unspecified atom stereocenters. The number of hydrogen-bond acceptors (Lipinski definition) is 5. The average Bonchev–Trinajstić information content (AvgIpc) is 2.39. The Hall–Kier alpha value is -1.96. The van der Waals surface area contributed by atoms with E-state index >= 15 is 0 Å². The van der Waals surface area contributed by atoms with Crippen LogP contribution in [0.4, 0.5) is 4.39 Å². The summed E-state index contributed by atoms with van der Waals surface area (Å²) in [6.45, 7) is 1.41. The van der Waals surface area contributed by atoms with Gasteiger partial charge in [0.2, 0.25) is 5.91 Å². The first-order chi connectivity index (χ1) is 9.66. The highest BCUT2D eigenvalue weighted by molar-refractivity contribution is 7.90. The fraction of sp³-hybridized carbons (Fsp3) is 0.385. The summed E-state index contributed by atoms with van der Waals surface area (Å²) in [6.07, 6.45) is 0. The predicted molar refractivity (Wildman–Crippen MR) is 73.6 cm³/mol. The minimum atomic E-state index is -3.70. The van der Waals surface area contributed by atoms with E-state index in [9.17, 15) is 22.4 Å². The van der Waals surface area contributed by atoms with E-state index in [-0.39, 0.29) is 11.1 Å². The summed E-state index contributed by atoms with van der Waals surface area (Å²) in [5.74, 6) is -4.14. The van der Waals surface area contributed by atoms with Crippen molar-refractivity contribution in [1.82, 2.24) is 0 Å². The zero-order valence-electron chi connectivity index (χ0n) is 11.6. The summed E-state index contributed by atoms with van der Waals surface area (Å²) in [5, 5.41) is 0. The molecular weight excluding hydrogens is 301 g/mol. The lowest BCUT2D eigenvalue weighted by molar-refractivity contribution is -0.144. The first kappa shape index (κ1) is 17.1. The zero-order valence-corrected chi connectivity index (χ0v) is 12.4. The Morgan fingerprint density at radius 2 is 2.00 bits per heavy atom. The highest BCUT2D eigenvalue weighted by Crippen LogP contribution is 2.16. The van der Waals surface area contributed by atoms with Gasteiger partial charge in [0.05, 0.1) is 24.5 Å². The molecule has 0 bridgehead atoms. The van der Waals surface area contributed by atoms with Crippen molar-refractivity contribution >= 4 is 21.7 Å². The van der Waals surface area contributed by atoms with E-state index in [0.717, 1.165) is 13.2 Å². The molecule has 0 aliphatic carbocycles. The van der Waals surface area contributed by atoms with Crippen LogP contribution in [0.25, 0.3) is 0 Å². The van der Waals surface area contributed by atoms with E-state index in [1.807, 2.05) is 0 Å². The van der Waals surface area contributed by atoms with Gasteiger partial charge in [0.15, 0.2) is 9.84 Å². The molecular formula is C13H16FNO5S. The van der Waals surface area contributed by atoms with Crippen LogP contribution >= 0.6 is 0 Å². The highest BCUT2D eigenvalue weighted by atomic mass is 32.2. The van der Waals surface area contributed by atoms with Crippen LogP contribution < -0.4 is 5.73 Å². The topological polar surface area (TPSA) is 104 Å². The van der Waals surface area contributed by atoms with Gasteiger partial charge in [-0.3, -0.25) is 9.59 Å². The second-order valence-electron chi connectivity index (χ2n) is 4.65. The van der Waals surface area contributed by atoms with Crippen LogP contribution in [0.1, 0.15) is 22.8 Å². The average molecular weight is 317 g/mol. The minimum Gasteiger partial charge on any atom is -0.469 e. The minimum absolute atomic E-state index is 0.0448. The number of amides is 1. The quantitative estimate of drug-likeness (QED) is 0.776. The lowest BCUT2D eigenvalue weighted by Gasteiger charge is -2.10. The van der Waals surface area contributed by atoms with E-state index < -0.39 is 45.0 Å². The summed E-state index contributed by atoms with van der Waals surface area (Å²) in [4.78, 5) is 22.1. The van der Waals surface area contributed by atoms with Gasteiger partial charge < -0.3 is 10.5 Å². The van der Waals surface area contributed by atoms with Gasteiger partial charge in [-0.05, 0) is 12.1 Å². The number of methoxy groups -OCH3 is 1. The molecule has 1 aromatic rings. The van der Waals surface area contributed by atoms with Gasteiger partial charge in [0, 0.05) is 11.1 Å². The molecule has 0 aromatic heterocycles. The SMILES string of the molecule is COC(=O)C(C)CS(=O)(=O)Cc1ccc(C(N)=O)cc1F. The van der Waals surface area contributed by atoms with Crippen LogP contribution in [0.5, 0.6) is 0 Å². The van der Waals surface area contributed by atoms with Gasteiger partial charge in [-0.1, -0.05) is 13.0 Å². The molecule has 0 saturated heterocycles. The van der Waals surface area contributed by atoms with E-state index in [4.69, 9.17) is 5.73 Å². The van der Waals surface area contributed by atoms with Crippen LogP contribution in [0.2, 0.25) is 0 Å². The van der Waals surface area contributed by atoms with Crippen molar-refractivity contribution in [2.45, 2.75) is 12.7 Å². The number of esters is 1. The molecule has 0 aliphatic rings. The molecule has 0 heterocycles. The molecule has 0 aliphatic heterocycles. The van der Waals surface area contributed by atoms with Gasteiger partial charge in [-0.25, -0.2) is 12.8 Å². The van der Waals surface area contributed by atoms with E-state index in [1.165, 1.54) is 19.1 Å². The number of ether oxygens (including phenoxy) is 1. The Balaban J connectivity index is 2.89. The lowest BCUT2D eigenvalue weighted by atomic mass is 10.1. The Kier molecular flexibility index (Phi) is 5.42. The van der Waals surface area contributed by atoms with Crippen molar-refractivity contribution in [3.63, 3.8) is 0 Å². The molecule has 0 fully saturated rings. The summed E-state index contributed by atoms with van der Waals surface area (Å²) < 4.78 is 42.1. The first-order valence-electron chi connectivity index (χ1n) is 6.02. The number of primary amides is 1. The maximum absolute atomic E-state index is 13.7. The largest absolute Gasteiger partial charge is 0.469 e. The van der Waals surface area contributed by atoms with Crippen molar-refractivity contribution < 1.29 is 27.1 Å². The van der Waals surface area contributed by atoms with Gasteiger partial charge >= 0.3 is 5.97 Å². The van der Waals surface area contributed by atoms with Crippen LogP contribution in [-0.4, -0.2) is 33.2 Å². The molecule has 0 saturated carbocycles. The van der Waals surface area contributed by atoms with Crippen molar-refractivity contribution in [2.24, 2.45) is 11.7 Å². The Morgan fingerprint density at radius 3 is 2.48 bits per heavy atom. The fourth-order valence-corrected chi connectivity index (χ4v) is 3.49. The maximum atomic E-state index is 13.7. The van der Waals surface area contributed by atoms with E-state index in [1.54, 1.807) is 0 Å². The molecule has 1 aromatic carbocycles. The third-order valence-corrected chi connectivity index (χ3v) is 4.58. The maximum Gasteiger partial charge on any atom is 0.309 e. The smallest absolute Gasteiger partial charge is 0.309 e. The molecule has 21 heavy (non-hydrogen) atoms. The third-order valence-electron chi connectivity index (χ3n) is 2.82. The van der Waals surface area contributed by atoms with Crippen LogP contribution in [0.15, 0.2) is 18.2 Å². The number of rotatable bonds is 6. The van der Waals surface area contributed by atoms with E-state index in [0.29, 0.717) is 0 Å². The first-order valence-corrected chi connectivity index (χ1v) is 7.85. The number of hydrogen-bond donors (Lipinski definition) is 1. The molecule has 6 nitrogen and oxygen atoms in total. The van der Waals surface area contributed by atoms with Crippen molar-refractivity contribution in [1.29, 1.82) is 0 Å². The Bertz CT molecular complexity index is 657. The fourth-order valence-electron chi connectivity index (χ4n) is 1.76. The number of halogens is 1. The Labute approximate surface area is 122 Å². The van der Waals surface area contributed by atoms with Gasteiger partial charge in [0.25, 0.3) is 0 Å².